The zero-order chi connectivity index (χ0) is 12.7. The smallest absolute Gasteiger partial charge is 0.171 e. The standard InChI is InChI=1S/C13H9BrClN3/c1-8-4-2-3-5-9(8)11-6-12(15)18-13(17-11)10(14)7-16-18/h2-7H,1H3. The highest BCUT2D eigenvalue weighted by Gasteiger charge is 2.10. The van der Waals surface area contributed by atoms with Gasteiger partial charge in [-0.05, 0) is 28.4 Å². The first-order valence-electron chi connectivity index (χ1n) is 5.42. The molecule has 0 aliphatic carbocycles. The Morgan fingerprint density at radius 3 is 2.83 bits per heavy atom. The maximum atomic E-state index is 6.22. The zero-order valence-electron chi connectivity index (χ0n) is 9.56. The number of hydrogen-bond acceptors (Lipinski definition) is 2. The molecule has 2 aromatic heterocycles. The summed E-state index contributed by atoms with van der Waals surface area (Å²) < 4.78 is 2.44. The highest BCUT2D eigenvalue weighted by Crippen LogP contribution is 2.27. The normalized spacial score (nSPS) is 11.1. The third-order valence-electron chi connectivity index (χ3n) is 2.81. The number of benzene rings is 1. The van der Waals surface area contributed by atoms with Crippen LogP contribution in [0.1, 0.15) is 5.56 Å². The third kappa shape index (κ3) is 1.82. The van der Waals surface area contributed by atoms with Gasteiger partial charge in [-0.15, -0.1) is 0 Å². The van der Waals surface area contributed by atoms with Crippen LogP contribution in [0, 0.1) is 6.92 Å². The van der Waals surface area contributed by atoms with Crippen LogP contribution in [-0.4, -0.2) is 14.6 Å². The van der Waals surface area contributed by atoms with E-state index in [1.807, 2.05) is 24.3 Å². The maximum Gasteiger partial charge on any atom is 0.171 e. The van der Waals surface area contributed by atoms with Crippen LogP contribution >= 0.6 is 27.5 Å². The zero-order valence-corrected chi connectivity index (χ0v) is 11.9. The molecule has 0 saturated carbocycles. The lowest BCUT2D eigenvalue weighted by molar-refractivity contribution is 0.941. The number of hydrogen-bond donors (Lipinski definition) is 0. The molecule has 0 fully saturated rings. The predicted octanol–water partition coefficient (Wildman–Crippen LogP) is 4.12. The van der Waals surface area contributed by atoms with E-state index < -0.39 is 0 Å². The number of rotatable bonds is 1. The summed E-state index contributed by atoms with van der Waals surface area (Å²) in [5.41, 5.74) is 3.82. The molecule has 0 amide bonds. The molecule has 3 nitrogen and oxygen atoms in total. The Kier molecular flexibility index (Phi) is 2.84. The third-order valence-corrected chi connectivity index (χ3v) is 3.63. The van der Waals surface area contributed by atoms with E-state index in [4.69, 9.17) is 11.6 Å². The molecule has 90 valence electrons. The highest BCUT2D eigenvalue weighted by molar-refractivity contribution is 9.10. The first kappa shape index (κ1) is 11.7. The highest BCUT2D eigenvalue weighted by atomic mass is 79.9. The average molecular weight is 323 g/mol. The van der Waals surface area contributed by atoms with Gasteiger partial charge in [-0.3, -0.25) is 0 Å². The van der Waals surface area contributed by atoms with E-state index in [0.29, 0.717) is 5.15 Å². The molecule has 18 heavy (non-hydrogen) atoms. The molecular weight excluding hydrogens is 314 g/mol. The maximum absolute atomic E-state index is 6.22. The minimum absolute atomic E-state index is 0.545. The summed E-state index contributed by atoms with van der Waals surface area (Å²) in [6, 6.07) is 9.92. The SMILES string of the molecule is Cc1ccccc1-c1cc(Cl)n2ncc(Br)c2n1. The number of nitrogens with zero attached hydrogens (tertiary/aromatic N) is 3. The van der Waals surface area contributed by atoms with Gasteiger partial charge in [-0.1, -0.05) is 35.9 Å². The van der Waals surface area contributed by atoms with Crippen LogP contribution in [0.4, 0.5) is 0 Å². The summed E-state index contributed by atoms with van der Waals surface area (Å²) in [6.07, 6.45) is 1.69. The second-order valence-corrected chi connectivity index (χ2v) is 5.25. The molecule has 0 bridgehead atoms. The van der Waals surface area contributed by atoms with Crippen LogP contribution in [0.5, 0.6) is 0 Å². The van der Waals surface area contributed by atoms with Crippen molar-refractivity contribution in [2.24, 2.45) is 0 Å². The molecule has 0 aliphatic heterocycles. The van der Waals surface area contributed by atoms with Crippen molar-refractivity contribution in [3.05, 3.63) is 51.7 Å². The molecule has 2 heterocycles. The Labute approximate surface area is 118 Å². The largest absolute Gasteiger partial charge is 0.227 e. The van der Waals surface area contributed by atoms with Crippen LogP contribution in [0.2, 0.25) is 5.15 Å². The van der Waals surface area contributed by atoms with Crippen molar-refractivity contribution in [2.45, 2.75) is 6.92 Å². The van der Waals surface area contributed by atoms with Crippen LogP contribution in [0.3, 0.4) is 0 Å². The minimum atomic E-state index is 0.545. The van der Waals surface area contributed by atoms with E-state index in [1.165, 1.54) is 5.56 Å². The van der Waals surface area contributed by atoms with Gasteiger partial charge in [0.15, 0.2) is 5.65 Å². The Bertz CT molecular complexity index is 736. The minimum Gasteiger partial charge on any atom is -0.227 e. The van der Waals surface area contributed by atoms with E-state index in [0.717, 1.165) is 21.4 Å². The summed E-state index contributed by atoms with van der Waals surface area (Å²) in [5, 5.41) is 4.70. The van der Waals surface area contributed by atoms with Crippen LogP contribution in [0.15, 0.2) is 41.0 Å². The Morgan fingerprint density at radius 2 is 2.06 bits per heavy atom. The topological polar surface area (TPSA) is 30.2 Å². The molecule has 0 unspecified atom stereocenters. The van der Waals surface area contributed by atoms with E-state index in [9.17, 15) is 0 Å². The fourth-order valence-corrected chi connectivity index (χ4v) is 2.47. The molecule has 1 aromatic carbocycles. The van der Waals surface area contributed by atoms with E-state index >= 15 is 0 Å². The first-order chi connectivity index (χ1) is 8.66. The Morgan fingerprint density at radius 1 is 1.28 bits per heavy atom. The van der Waals surface area contributed by atoms with E-state index in [1.54, 1.807) is 10.7 Å². The lowest BCUT2D eigenvalue weighted by Gasteiger charge is -2.06. The molecule has 0 atom stereocenters. The molecule has 0 saturated heterocycles. The Hall–Kier alpha value is -1.39. The van der Waals surface area contributed by atoms with Crippen molar-refractivity contribution < 1.29 is 0 Å². The molecule has 5 heteroatoms. The van der Waals surface area contributed by atoms with Gasteiger partial charge in [0.05, 0.1) is 16.4 Å². The summed E-state index contributed by atoms with van der Waals surface area (Å²) in [5.74, 6) is 0. The molecule has 0 spiro atoms. The van der Waals surface area contributed by atoms with E-state index in [2.05, 4.69) is 39.0 Å². The molecule has 0 radical (unpaired) electrons. The number of fused-ring (bicyclic) bond motifs is 1. The van der Waals surface area contributed by atoms with Gasteiger partial charge in [0, 0.05) is 11.6 Å². The second kappa shape index (κ2) is 4.37. The second-order valence-electron chi connectivity index (χ2n) is 4.01. The lowest BCUT2D eigenvalue weighted by Crippen LogP contribution is -1.95. The summed E-state index contributed by atoms with van der Waals surface area (Å²) in [7, 11) is 0. The van der Waals surface area contributed by atoms with Crippen molar-refractivity contribution in [1.82, 2.24) is 14.6 Å². The molecule has 0 N–H and O–H groups in total. The van der Waals surface area contributed by atoms with Crippen molar-refractivity contribution in [1.29, 1.82) is 0 Å². The fraction of sp³-hybridized carbons (Fsp3) is 0.0769. The Balaban J connectivity index is 2.31. The van der Waals surface area contributed by atoms with Crippen molar-refractivity contribution in [3.8, 4) is 11.3 Å². The number of aromatic nitrogens is 3. The van der Waals surface area contributed by atoms with Gasteiger partial charge < -0.3 is 0 Å². The molecule has 3 rings (SSSR count). The molecule has 3 aromatic rings. The molecule has 0 aliphatic rings. The first-order valence-corrected chi connectivity index (χ1v) is 6.59. The predicted molar refractivity (Wildman–Crippen MR) is 75.9 cm³/mol. The fourth-order valence-electron chi connectivity index (χ4n) is 1.90. The van der Waals surface area contributed by atoms with Crippen molar-refractivity contribution >= 4 is 33.2 Å². The summed E-state index contributed by atoms with van der Waals surface area (Å²) in [4.78, 5) is 4.60. The monoisotopic (exact) mass is 321 g/mol. The summed E-state index contributed by atoms with van der Waals surface area (Å²) in [6.45, 7) is 2.06. The summed E-state index contributed by atoms with van der Waals surface area (Å²) >= 11 is 9.64. The van der Waals surface area contributed by atoms with Crippen LogP contribution in [0.25, 0.3) is 16.9 Å². The van der Waals surface area contributed by atoms with Gasteiger partial charge in [0.25, 0.3) is 0 Å². The van der Waals surface area contributed by atoms with Gasteiger partial charge >= 0.3 is 0 Å². The van der Waals surface area contributed by atoms with Crippen molar-refractivity contribution in [3.63, 3.8) is 0 Å². The van der Waals surface area contributed by atoms with Gasteiger partial charge in [-0.2, -0.15) is 5.10 Å². The number of aryl methyl sites for hydroxylation is 1. The van der Waals surface area contributed by atoms with Gasteiger partial charge in [-0.25, -0.2) is 9.50 Å². The molecular formula is C13H9BrClN3. The van der Waals surface area contributed by atoms with Gasteiger partial charge in [0.1, 0.15) is 5.15 Å². The van der Waals surface area contributed by atoms with Gasteiger partial charge in [0.2, 0.25) is 0 Å². The van der Waals surface area contributed by atoms with Crippen molar-refractivity contribution in [2.75, 3.05) is 0 Å². The van der Waals surface area contributed by atoms with Crippen LogP contribution in [-0.2, 0) is 0 Å². The lowest BCUT2D eigenvalue weighted by atomic mass is 10.1. The average Bonchev–Trinajstić information content (AvgIpc) is 2.72. The number of halogens is 2. The van der Waals surface area contributed by atoms with Crippen LogP contribution < -0.4 is 0 Å². The van der Waals surface area contributed by atoms with E-state index in [-0.39, 0.29) is 0 Å². The quantitative estimate of drug-likeness (QED) is 0.631.